The summed E-state index contributed by atoms with van der Waals surface area (Å²) in [6, 6.07) is 0. The van der Waals surface area contributed by atoms with Crippen LogP contribution >= 0.6 is 0 Å². The first-order valence-corrected chi connectivity index (χ1v) is 4.47. The van der Waals surface area contributed by atoms with Crippen LogP contribution in [0, 0.1) is 5.92 Å². The van der Waals surface area contributed by atoms with Gasteiger partial charge < -0.3 is 10.5 Å². The predicted molar refractivity (Wildman–Crippen MR) is 53.0 cm³/mol. The Kier molecular flexibility index (Phi) is 4.52. The minimum absolute atomic E-state index is 0.427. The lowest BCUT2D eigenvalue weighted by atomic mass is 10.0. The molecule has 3 nitrogen and oxygen atoms in total. The number of hydrogen-bond acceptors (Lipinski definition) is 3. The summed E-state index contributed by atoms with van der Waals surface area (Å²) in [4.78, 5) is 10.2. The van der Waals surface area contributed by atoms with Crippen LogP contribution in [0.15, 0.2) is 11.8 Å². The predicted octanol–water partition coefficient (Wildman–Crippen LogP) is 1.83. The van der Waals surface area contributed by atoms with Crippen molar-refractivity contribution < 1.29 is 9.53 Å². The van der Waals surface area contributed by atoms with Gasteiger partial charge in [-0.1, -0.05) is 19.9 Å². The Bertz CT molecular complexity index is 195. The fraction of sp³-hybridized carbons (Fsp3) is 0.700. The van der Waals surface area contributed by atoms with Crippen LogP contribution in [0.4, 0.5) is 0 Å². The second kappa shape index (κ2) is 4.90. The average Bonchev–Trinajstić information content (AvgIpc) is 1.99. The van der Waals surface area contributed by atoms with Crippen LogP contribution in [0.5, 0.6) is 0 Å². The van der Waals surface area contributed by atoms with E-state index in [-0.39, 0.29) is 0 Å². The van der Waals surface area contributed by atoms with Crippen LogP contribution in [-0.4, -0.2) is 12.1 Å². The van der Waals surface area contributed by atoms with E-state index in [4.69, 9.17) is 10.5 Å². The lowest BCUT2D eigenvalue weighted by Gasteiger charge is -2.23. The van der Waals surface area contributed by atoms with Gasteiger partial charge in [0.2, 0.25) is 0 Å². The molecule has 0 rings (SSSR count). The van der Waals surface area contributed by atoms with Crippen LogP contribution in [0.1, 0.15) is 34.1 Å². The van der Waals surface area contributed by atoms with Crippen molar-refractivity contribution in [1.82, 2.24) is 0 Å². The molecule has 0 aromatic carbocycles. The summed E-state index contributed by atoms with van der Waals surface area (Å²) in [5.74, 6) is 0.561. The molecule has 0 aliphatic rings. The highest BCUT2D eigenvalue weighted by Gasteiger charge is 2.21. The topological polar surface area (TPSA) is 52.3 Å². The number of allylic oxidation sites excluding steroid dienone is 1. The number of carbonyl (C=O) groups excluding carboxylic acids is 1. The maximum atomic E-state index is 10.2. The van der Waals surface area contributed by atoms with Crippen molar-refractivity contribution >= 4 is 6.47 Å². The van der Waals surface area contributed by atoms with Crippen LogP contribution in [-0.2, 0) is 9.53 Å². The molecule has 76 valence electrons. The van der Waals surface area contributed by atoms with Crippen LogP contribution in [0.25, 0.3) is 0 Å². The monoisotopic (exact) mass is 185 g/mol. The fourth-order valence-electron chi connectivity index (χ4n) is 0.797. The molecular weight excluding hydrogens is 166 g/mol. The van der Waals surface area contributed by atoms with E-state index >= 15 is 0 Å². The van der Waals surface area contributed by atoms with Gasteiger partial charge in [-0.15, -0.1) is 0 Å². The highest BCUT2D eigenvalue weighted by Crippen LogP contribution is 2.16. The Labute approximate surface area is 79.9 Å². The molecule has 0 heterocycles. The van der Waals surface area contributed by atoms with E-state index in [9.17, 15) is 4.79 Å². The van der Waals surface area contributed by atoms with Gasteiger partial charge in [0.1, 0.15) is 5.60 Å². The van der Waals surface area contributed by atoms with E-state index in [2.05, 4.69) is 13.8 Å². The zero-order chi connectivity index (χ0) is 10.5. The molecule has 0 aromatic rings. The number of hydrogen-bond donors (Lipinski definition) is 1. The fourth-order valence-corrected chi connectivity index (χ4v) is 0.797. The van der Waals surface area contributed by atoms with E-state index in [0.29, 0.717) is 18.1 Å². The second-order valence-electron chi connectivity index (χ2n) is 4.01. The molecule has 0 unspecified atom stereocenters. The first-order chi connectivity index (χ1) is 5.90. The summed E-state index contributed by atoms with van der Waals surface area (Å²) in [6.45, 7) is 8.19. The maximum absolute atomic E-state index is 10.2. The van der Waals surface area contributed by atoms with Gasteiger partial charge in [-0.25, -0.2) is 0 Å². The lowest BCUT2D eigenvalue weighted by Crippen LogP contribution is -2.31. The molecule has 13 heavy (non-hydrogen) atoms. The molecule has 2 N–H and O–H groups in total. The summed E-state index contributed by atoms with van der Waals surface area (Å²) in [5.41, 5.74) is 5.68. The van der Waals surface area contributed by atoms with Gasteiger partial charge in [0.15, 0.2) is 0 Å². The molecule has 0 saturated carbocycles. The Morgan fingerprint density at radius 2 is 2.08 bits per heavy atom. The van der Waals surface area contributed by atoms with Gasteiger partial charge in [-0.2, -0.15) is 0 Å². The number of nitrogens with two attached hydrogens (primary N) is 1. The van der Waals surface area contributed by atoms with Crippen molar-refractivity contribution in [3.8, 4) is 0 Å². The molecule has 0 aliphatic carbocycles. The normalized spacial score (nSPS) is 13.2. The van der Waals surface area contributed by atoms with E-state index < -0.39 is 5.60 Å². The Morgan fingerprint density at radius 1 is 1.54 bits per heavy atom. The summed E-state index contributed by atoms with van der Waals surface area (Å²) in [5, 5.41) is 0. The SMILES string of the molecule is CC(C)C/C=C(\N)C(C)(C)OC=O. The minimum Gasteiger partial charge on any atom is -0.455 e. The third-order valence-corrected chi connectivity index (χ3v) is 1.85. The van der Waals surface area contributed by atoms with Crippen LogP contribution in [0.3, 0.4) is 0 Å². The van der Waals surface area contributed by atoms with Crippen LogP contribution < -0.4 is 5.73 Å². The van der Waals surface area contributed by atoms with Gasteiger partial charge in [0, 0.05) is 5.70 Å². The number of ether oxygens (including phenoxy) is 1. The lowest BCUT2D eigenvalue weighted by molar-refractivity contribution is -0.137. The maximum Gasteiger partial charge on any atom is 0.294 e. The van der Waals surface area contributed by atoms with Gasteiger partial charge in [-0.05, 0) is 26.2 Å². The quantitative estimate of drug-likeness (QED) is 0.665. The van der Waals surface area contributed by atoms with Crippen LogP contribution in [0.2, 0.25) is 0 Å². The van der Waals surface area contributed by atoms with E-state index in [1.165, 1.54) is 0 Å². The van der Waals surface area contributed by atoms with Gasteiger partial charge in [-0.3, -0.25) is 4.79 Å². The molecule has 0 atom stereocenters. The zero-order valence-electron chi connectivity index (χ0n) is 8.83. The van der Waals surface area contributed by atoms with Crippen molar-refractivity contribution in [1.29, 1.82) is 0 Å². The van der Waals surface area contributed by atoms with Gasteiger partial charge in [0.05, 0.1) is 0 Å². The van der Waals surface area contributed by atoms with E-state index in [0.717, 1.165) is 6.42 Å². The summed E-state index contributed by atoms with van der Waals surface area (Å²) in [6.07, 6.45) is 2.81. The van der Waals surface area contributed by atoms with Gasteiger partial charge >= 0.3 is 0 Å². The average molecular weight is 185 g/mol. The smallest absolute Gasteiger partial charge is 0.294 e. The highest BCUT2D eigenvalue weighted by atomic mass is 16.5. The van der Waals surface area contributed by atoms with Crippen molar-refractivity contribution in [2.75, 3.05) is 0 Å². The van der Waals surface area contributed by atoms with Crippen molar-refractivity contribution in [2.24, 2.45) is 11.7 Å². The highest BCUT2D eigenvalue weighted by molar-refractivity contribution is 5.39. The molecule has 0 aliphatic heterocycles. The molecule has 0 spiro atoms. The standard InChI is InChI=1S/C10H19NO2/c1-8(2)5-6-9(11)10(3,4)13-7-12/h6-8H,5,11H2,1-4H3/b9-6-. The summed E-state index contributed by atoms with van der Waals surface area (Å²) in [7, 11) is 0. The Balaban J connectivity index is 4.28. The molecule has 0 fully saturated rings. The first-order valence-electron chi connectivity index (χ1n) is 4.47. The number of rotatable bonds is 5. The minimum atomic E-state index is -0.684. The van der Waals surface area contributed by atoms with Crippen molar-refractivity contribution in [3.05, 3.63) is 11.8 Å². The van der Waals surface area contributed by atoms with Crippen molar-refractivity contribution in [2.45, 2.75) is 39.7 Å². The molecule has 0 bridgehead atoms. The molecule has 0 amide bonds. The molecular formula is C10H19NO2. The second-order valence-corrected chi connectivity index (χ2v) is 4.01. The Morgan fingerprint density at radius 3 is 2.46 bits per heavy atom. The molecule has 0 saturated heterocycles. The van der Waals surface area contributed by atoms with E-state index in [1.807, 2.05) is 6.08 Å². The summed E-state index contributed by atoms with van der Waals surface area (Å²) < 4.78 is 4.85. The first kappa shape index (κ1) is 12.0. The van der Waals surface area contributed by atoms with Gasteiger partial charge in [0.25, 0.3) is 6.47 Å². The Hall–Kier alpha value is -0.990. The van der Waals surface area contributed by atoms with Crippen molar-refractivity contribution in [3.63, 3.8) is 0 Å². The molecule has 3 heteroatoms. The largest absolute Gasteiger partial charge is 0.455 e. The third-order valence-electron chi connectivity index (χ3n) is 1.85. The number of carbonyl (C=O) groups is 1. The molecule has 0 radical (unpaired) electrons. The third kappa shape index (κ3) is 4.55. The zero-order valence-corrected chi connectivity index (χ0v) is 8.83. The summed E-state index contributed by atoms with van der Waals surface area (Å²) >= 11 is 0. The van der Waals surface area contributed by atoms with E-state index in [1.54, 1.807) is 13.8 Å². The molecule has 0 aromatic heterocycles.